The van der Waals surface area contributed by atoms with Crippen molar-refractivity contribution in [2.24, 2.45) is 34.5 Å². The Morgan fingerprint density at radius 2 is 1.90 bits per heavy atom. The van der Waals surface area contributed by atoms with Crippen molar-refractivity contribution in [1.82, 2.24) is 0 Å². The van der Waals surface area contributed by atoms with Crippen LogP contribution in [0, 0.1) is 34.5 Å². The van der Waals surface area contributed by atoms with Gasteiger partial charge in [-0.25, -0.2) is 0 Å². The van der Waals surface area contributed by atoms with Gasteiger partial charge in [-0.2, -0.15) is 0 Å². The highest BCUT2D eigenvalue weighted by molar-refractivity contribution is 5.70. The Morgan fingerprint density at radius 1 is 1.23 bits per heavy atom. The van der Waals surface area contributed by atoms with Crippen molar-refractivity contribution in [3.05, 3.63) is 36.0 Å². The highest BCUT2D eigenvalue weighted by atomic mass is 16.6. The number of carbonyl (C=O) groups excluding carboxylic acids is 1. The molecule has 9 unspecified atom stereocenters. The lowest BCUT2D eigenvalue weighted by Crippen LogP contribution is -2.35. The fourth-order valence-electron chi connectivity index (χ4n) is 5.65. The number of hydrogen-bond donors (Lipinski definition) is 1. The van der Waals surface area contributed by atoms with Crippen LogP contribution < -0.4 is 0 Å². The fraction of sp³-hybridized carbons (Fsp3) is 0.794. The molecular formula is C34H58O5. The summed E-state index contributed by atoms with van der Waals surface area (Å²) in [6.07, 6.45) is 14.2. The molecule has 0 aromatic carbocycles. The van der Waals surface area contributed by atoms with E-state index in [1.807, 2.05) is 13.0 Å². The monoisotopic (exact) mass is 546 g/mol. The first-order valence-corrected chi connectivity index (χ1v) is 15.3. The van der Waals surface area contributed by atoms with Crippen LogP contribution in [0.1, 0.15) is 108 Å². The third-order valence-electron chi connectivity index (χ3n) is 9.00. The molecule has 0 aliphatic carbocycles. The number of epoxide rings is 1. The number of cyclic esters (lactones) is 1. The summed E-state index contributed by atoms with van der Waals surface area (Å²) in [7, 11) is 0. The Kier molecular flexibility index (Phi) is 12.5. The first-order valence-electron chi connectivity index (χ1n) is 15.3. The summed E-state index contributed by atoms with van der Waals surface area (Å²) in [5.41, 5.74) is 0.846. The van der Waals surface area contributed by atoms with E-state index >= 15 is 0 Å². The van der Waals surface area contributed by atoms with E-state index in [0.29, 0.717) is 30.5 Å². The molecule has 0 aromatic heterocycles. The number of esters is 1. The van der Waals surface area contributed by atoms with Gasteiger partial charge in [-0.1, -0.05) is 99.1 Å². The van der Waals surface area contributed by atoms with Crippen molar-refractivity contribution in [1.29, 1.82) is 0 Å². The number of aliphatic hydroxyl groups excluding tert-OH is 1. The summed E-state index contributed by atoms with van der Waals surface area (Å²) in [5, 5.41) is 9.97. The minimum absolute atomic E-state index is 0.00657. The maximum atomic E-state index is 12.9. The quantitative estimate of drug-likeness (QED) is 0.0987. The van der Waals surface area contributed by atoms with Crippen molar-refractivity contribution < 1.29 is 24.1 Å². The van der Waals surface area contributed by atoms with Crippen molar-refractivity contribution in [3.63, 3.8) is 0 Å². The highest BCUT2D eigenvalue weighted by Gasteiger charge is 2.46. The molecule has 0 bridgehead atoms. The number of hydrogen-bond acceptors (Lipinski definition) is 5. The van der Waals surface area contributed by atoms with Gasteiger partial charge in [0.1, 0.15) is 6.10 Å². The fourth-order valence-corrected chi connectivity index (χ4v) is 5.65. The van der Waals surface area contributed by atoms with Crippen LogP contribution in [0.15, 0.2) is 36.0 Å². The number of allylic oxidation sites excluding steroid dienone is 3. The topological polar surface area (TPSA) is 68.3 Å². The summed E-state index contributed by atoms with van der Waals surface area (Å²) < 4.78 is 18.0. The van der Waals surface area contributed by atoms with Crippen molar-refractivity contribution in [3.8, 4) is 0 Å². The van der Waals surface area contributed by atoms with Crippen LogP contribution in [0.5, 0.6) is 0 Å². The van der Waals surface area contributed by atoms with Crippen molar-refractivity contribution in [2.45, 2.75) is 139 Å². The largest absolute Gasteiger partial charge is 0.457 e. The van der Waals surface area contributed by atoms with Gasteiger partial charge in [0.2, 0.25) is 0 Å². The highest BCUT2D eigenvalue weighted by Crippen LogP contribution is 2.41. The summed E-state index contributed by atoms with van der Waals surface area (Å²) in [6, 6.07) is 0. The number of carbonyl (C=O) groups is 1. The van der Waals surface area contributed by atoms with Crippen LogP contribution in [0.4, 0.5) is 0 Å². The normalized spacial score (nSPS) is 33.9. The lowest BCUT2D eigenvalue weighted by atomic mass is 9.78. The van der Waals surface area contributed by atoms with Crippen LogP contribution in [-0.4, -0.2) is 41.8 Å². The molecule has 2 aliphatic heterocycles. The number of aliphatic hydroxyl groups is 1. The molecule has 2 aliphatic rings. The van der Waals surface area contributed by atoms with Gasteiger partial charge in [0.25, 0.3) is 0 Å². The summed E-state index contributed by atoms with van der Waals surface area (Å²) in [6.45, 7) is 23.6. The van der Waals surface area contributed by atoms with Crippen LogP contribution in [0.25, 0.3) is 0 Å². The average Bonchev–Trinajstić information content (AvgIpc) is 3.59. The average molecular weight is 547 g/mol. The van der Waals surface area contributed by atoms with E-state index in [9.17, 15) is 9.90 Å². The van der Waals surface area contributed by atoms with E-state index in [2.05, 4.69) is 86.6 Å². The Hall–Kier alpha value is -1.43. The van der Waals surface area contributed by atoms with Gasteiger partial charge in [-0.05, 0) is 67.3 Å². The maximum Gasteiger partial charge on any atom is 0.306 e. The molecule has 9 atom stereocenters. The molecule has 0 radical (unpaired) electrons. The summed E-state index contributed by atoms with van der Waals surface area (Å²) in [5.74, 6) is 1.29. The van der Waals surface area contributed by atoms with Gasteiger partial charge >= 0.3 is 5.97 Å². The molecule has 39 heavy (non-hydrogen) atoms. The Morgan fingerprint density at radius 3 is 2.51 bits per heavy atom. The van der Waals surface area contributed by atoms with E-state index in [4.69, 9.17) is 14.2 Å². The lowest BCUT2D eigenvalue weighted by molar-refractivity contribution is -0.150. The predicted octanol–water partition coefficient (Wildman–Crippen LogP) is 8.03. The molecule has 0 aromatic rings. The standard InChI is InChI=1S/C34H58O5/c1-12-23(3)26(6)32-28(38-32)21-33(8,9)18-13-14-24(4)31-25(5)15-16-29(37-27(7)35)34(10,11)19-17-22(2)20-30(36)39-31/h13-16,18,22-23,25-29,31-32,35H,12,17,19-21H2,1-11H3/b16-15+,18-13+,24-14+. The molecule has 2 heterocycles. The van der Waals surface area contributed by atoms with Gasteiger partial charge in [0.15, 0.2) is 6.29 Å². The van der Waals surface area contributed by atoms with E-state index in [1.165, 1.54) is 6.42 Å². The predicted molar refractivity (Wildman–Crippen MR) is 160 cm³/mol. The van der Waals surface area contributed by atoms with E-state index < -0.39 is 6.29 Å². The molecule has 5 nitrogen and oxygen atoms in total. The molecule has 0 amide bonds. The molecule has 224 valence electrons. The Bertz CT molecular complexity index is 867. The second-order valence-corrected chi connectivity index (χ2v) is 14.0. The molecule has 1 saturated heterocycles. The Balaban J connectivity index is 2.17. The van der Waals surface area contributed by atoms with Gasteiger partial charge in [-0.3, -0.25) is 4.79 Å². The maximum absolute atomic E-state index is 12.9. The zero-order valence-electron chi connectivity index (χ0n) is 26.7. The van der Waals surface area contributed by atoms with E-state index in [0.717, 1.165) is 24.8 Å². The van der Waals surface area contributed by atoms with Gasteiger partial charge in [0, 0.05) is 12.3 Å². The van der Waals surface area contributed by atoms with E-state index in [1.54, 1.807) is 6.92 Å². The number of rotatable bonds is 10. The van der Waals surface area contributed by atoms with Gasteiger partial charge < -0.3 is 19.3 Å². The van der Waals surface area contributed by atoms with Crippen LogP contribution in [0.3, 0.4) is 0 Å². The molecule has 1 fully saturated rings. The lowest BCUT2D eigenvalue weighted by Gasteiger charge is -2.35. The van der Waals surface area contributed by atoms with Crippen LogP contribution in [-0.2, 0) is 19.0 Å². The van der Waals surface area contributed by atoms with Crippen LogP contribution in [0.2, 0.25) is 0 Å². The first-order chi connectivity index (χ1) is 18.1. The second-order valence-electron chi connectivity index (χ2n) is 14.0. The molecule has 0 saturated carbocycles. The molecule has 2 rings (SSSR count). The third kappa shape index (κ3) is 10.8. The minimum Gasteiger partial charge on any atom is -0.457 e. The first kappa shape index (κ1) is 33.8. The van der Waals surface area contributed by atoms with Gasteiger partial charge in [0.05, 0.1) is 18.3 Å². The smallest absolute Gasteiger partial charge is 0.306 e. The minimum atomic E-state index is -0.849. The zero-order valence-corrected chi connectivity index (χ0v) is 26.7. The van der Waals surface area contributed by atoms with Crippen molar-refractivity contribution in [2.75, 3.05) is 0 Å². The van der Waals surface area contributed by atoms with Gasteiger partial charge in [-0.15, -0.1) is 0 Å². The van der Waals surface area contributed by atoms with Crippen molar-refractivity contribution >= 4 is 5.97 Å². The SMILES string of the molecule is CCC(C)C(C)C1OC1CC(C)(C)/C=C/C=C(\C)C1OC(=O)CC(C)CCC(C)(C)C(OC(C)O)/C=C/C1C. The summed E-state index contributed by atoms with van der Waals surface area (Å²) >= 11 is 0. The molecular weight excluding hydrogens is 488 g/mol. The molecule has 5 heteroatoms. The Labute approximate surface area is 239 Å². The summed E-state index contributed by atoms with van der Waals surface area (Å²) in [4.78, 5) is 12.9. The van der Waals surface area contributed by atoms with Crippen LogP contribution >= 0.6 is 0 Å². The van der Waals surface area contributed by atoms with E-state index in [-0.39, 0.29) is 40.8 Å². The molecule has 1 N–H and O–H groups in total. The molecule has 0 spiro atoms. The zero-order chi connectivity index (χ0) is 29.5. The second kappa shape index (κ2) is 14.5. The number of ether oxygens (including phenoxy) is 3. The third-order valence-corrected chi connectivity index (χ3v) is 9.00.